The SMILES string of the molecule is CCCC(=O)Nc1cc(C(=O)N(C)Cc2noc(-c3ccccc3)n2)ccc1C. The highest BCUT2D eigenvalue weighted by Crippen LogP contribution is 2.20. The van der Waals surface area contributed by atoms with Crippen LogP contribution in [0, 0.1) is 6.92 Å². The highest BCUT2D eigenvalue weighted by atomic mass is 16.5. The molecule has 0 fully saturated rings. The molecule has 3 aromatic rings. The van der Waals surface area contributed by atoms with Crippen LogP contribution in [0.25, 0.3) is 11.5 Å². The average Bonchev–Trinajstić information content (AvgIpc) is 3.18. The highest BCUT2D eigenvalue weighted by Gasteiger charge is 2.17. The minimum atomic E-state index is -0.193. The van der Waals surface area contributed by atoms with Gasteiger partial charge in [0, 0.05) is 30.3 Å². The van der Waals surface area contributed by atoms with Gasteiger partial charge in [0.1, 0.15) is 0 Å². The van der Waals surface area contributed by atoms with Crippen molar-refractivity contribution in [1.29, 1.82) is 0 Å². The van der Waals surface area contributed by atoms with Gasteiger partial charge in [-0.15, -0.1) is 0 Å². The highest BCUT2D eigenvalue weighted by molar-refractivity contribution is 5.97. The zero-order chi connectivity index (χ0) is 20.8. The van der Waals surface area contributed by atoms with Gasteiger partial charge in [-0.25, -0.2) is 0 Å². The first-order chi connectivity index (χ1) is 14.0. The standard InChI is InChI=1S/C22H24N4O3/c1-4-8-20(27)23-18-13-17(12-11-15(18)2)22(28)26(3)14-19-24-21(29-25-19)16-9-6-5-7-10-16/h5-7,9-13H,4,8,14H2,1-3H3,(H,23,27). The summed E-state index contributed by atoms with van der Waals surface area (Å²) >= 11 is 0. The first kappa shape index (κ1) is 20.3. The molecule has 7 nitrogen and oxygen atoms in total. The molecule has 0 saturated heterocycles. The largest absolute Gasteiger partial charge is 0.334 e. The van der Waals surface area contributed by atoms with E-state index in [1.54, 1.807) is 19.2 Å². The number of amides is 2. The summed E-state index contributed by atoms with van der Waals surface area (Å²) in [6.45, 7) is 4.05. The zero-order valence-electron chi connectivity index (χ0n) is 16.8. The van der Waals surface area contributed by atoms with Crippen molar-refractivity contribution < 1.29 is 14.1 Å². The lowest BCUT2D eigenvalue weighted by Crippen LogP contribution is -2.27. The summed E-state index contributed by atoms with van der Waals surface area (Å²) in [5, 5.41) is 6.83. The molecule has 0 spiro atoms. The molecule has 0 atom stereocenters. The van der Waals surface area contributed by atoms with E-state index in [2.05, 4.69) is 15.5 Å². The summed E-state index contributed by atoms with van der Waals surface area (Å²) in [6, 6.07) is 14.7. The maximum atomic E-state index is 12.8. The molecule has 0 radical (unpaired) electrons. The van der Waals surface area contributed by atoms with Crippen LogP contribution >= 0.6 is 0 Å². The lowest BCUT2D eigenvalue weighted by Gasteiger charge is -2.16. The smallest absolute Gasteiger partial charge is 0.257 e. The molecule has 1 N–H and O–H groups in total. The quantitative estimate of drug-likeness (QED) is 0.655. The van der Waals surface area contributed by atoms with Crippen LogP contribution in [0.2, 0.25) is 0 Å². The van der Waals surface area contributed by atoms with Gasteiger partial charge >= 0.3 is 0 Å². The van der Waals surface area contributed by atoms with Gasteiger partial charge in [-0.1, -0.05) is 36.3 Å². The third-order valence-corrected chi connectivity index (χ3v) is 4.45. The number of nitrogens with one attached hydrogen (secondary N) is 1. The Labute approximate surface area is 169 Å². The maximum absolute atomic E-state index is 12.8. The first-order valence-corrected chi connectivity index (χ1v) is 9.52. The Morgan fingerprint density at radius 1 is 1.14 bits per heavy atom. The van der Waals surface area contributed by atoms with E-state index in [1.807, 2.05) is 50.2 Å². The van der Waals surface area contributed by atoms with Crippen LogP contribution in [0.1, 0.15) is 41.5 Å². The maximum Gasteiger partial charge on any atom is 0.257 e. The summed E-state index contributed by atoms with van der Waals surface area (Å²) in [5.41, 5.74) is 2.86. The van der Waals surface area contributed by atoms with E-state index in [-0.39, 0.29) is 18.4 Å². The van der Waals surface area contributed by atoms with Crippen molar-refractivity contribution in [2.24, 2.45) is 0 Å². The first-order valence-electron chi connectivity index (χ1n) is 9.52. The number of aryl methyl sites for hydroxylation is 1. The number of hydrogen-bond donors (Lipinski definition) is 1. The normalized spacial score (nSPS) is 10.6. The molecule has 150 valence electrons. The van der Waals surface area contributed by atoms with Crippen LogP contribution in [0.15, 0.2) is 53.1 Å². The topological polar surface area (TPSA) is 88.3 Å². The second-order valence-electron chi connectivity index (χ2n) is 6.87. The van der Waals surface area contributed by atoms with E-state index in [9.17, 15) is 9.59 Å². The monoisotopic (exact) mass is 392 g/mol. The molecule has 2 aromatic carbocycles. The Morgan fingerprint density at radius 3 is 2.62 bits per heavy atom. The summed E-state index contributed by atoms with van der Waals surface area (Å²) in [6.07, 6.45) is 1.21. The molecule has 0 aliphatic heterocycles. The van der Waals surface area contributed by atoms with Gasteiger partial charge in [-0.3, -0.25) is 9.59 Å². The molecule has 0 aliphatic carbocycles. The van der Waals surface area contributed by atoms with Gasteiger partial charge in [0.05, 0.1) is 6.54 Å². The Bertz CT molecular complexity index is 998. The van der Waals surface area contributed by atoms with Crippen LogP contribution in [0.4, 0.5) is 5.69 Å². The molecule has 0 bridgehead atoms. The number of carbonyl (C=O) groups is 2. The average molecular weight is 392 g/mol. The van der Waals surface area contributed by atoms with Crippen molar-refractivity contribution in [3.63, 3.8) is 0 Å². The van der Waals surface area contributed by atoms with Gasteiger partial charge in [-0.05, 0) is 43.2 Å². The fraction of sp³-hybridized carbons (Fsp3) is 0.273. The Kier molecular flexibility index (Phi) is 6.39. The Balaban J connectivity index is 1.70. The third-order valence-electron chi connectivity index (χ3n) is 4.45. The van der Waals surface area contributed by atoms with Crippen molar-refractivity contribution in [3.05, 3.63) is 65.5 Å². The van der Waals surface area contributed by atoms with Gasteiger partial charge < -0.3 is 14.7 Å². The van der Waals surface area contributed by atoms with Gasteiger partial charge in [0.15, 0.2) is 5.82 Å². The summed E-state index contributed by atoms with van der Waals surface area (Å²) < 4.78 is 5.29. The fourth-order valence-electron chi connectivity index (χ4n) is 2.85. The zero-order valence-corrected chi connectivity index (χ0v) is 16.8. The van der Waals surface area contributed by atoms with Gasteiger partial charge in [0.25, 0.3) is 11.8 Å². The van der Waals surface area contributed by atoms with E-state index >= 15 is 0 Å². The number of carbonyl (C=O) groups excluding carboxylic acids is 2. The van der Waals surface area contributed by atoms with Gasteiger partial charge in [-0.2, -0.15) is 4.98 Å². The second kappa shape index (κ2) is 9.14. The summed E-state index contributed by atoms with van der Waals surface area (Å²) in [7, 11) is 1.68. The molecule has 0 unspecified atom stereocenters. The van der Waals surface area contributed by atoms with E-state index in [4.69, 9.17) is 4.52 Å². The Hall–Kier alpha value is -3.48. The molecular weight excluding hydrogens is 368 g/mol. The second-order valence-corrected chi connectivity index (χ2v) is 6.87. The molecule has 2 amide bonds. The molecule has 29 heavy (non-hydrogen) atoms. The lowest BCUT2D eigenvalue weighted by molar-refractivity contribution is -0.116. The molecule has 3 rings (SSSR count). The lowest BCUT2D eigenvalue weighted by atomic mass is 10.1. The van der Waals surface area contributed by atoms with Crippen molar-refractivity contribution in [2.45, 2.75) is 33.2 Å². The molecular formula is C22H24N4O3. The number of benzene rings is 2. The van der Waals surface area contributed by atoms with E-state index in [1.165, 1.54) is 4.90 Å². The minimum absolute atomic E-state index is 0.0613. The summed E-state index contributed by atoms with van der Waals surface area (Å²) in [5.74, 6) is 0.580. The fourth-order valence-corrected chi connectivity index (χ4v) is 2.85. The van der Waals surface area contributed by atoms with E-state index in [0.717, 1.165) is 17.5 Å². The van der Waals surface area contributed by atoms with Crippen LogP contribution in [0.5, 0.6) is 0 Å². The molecule has 1 aromatic heterocycles. The number of rotatable bonds is 7. The van der Waals surface area contributed by atoms with Gasteiger partial charge in [0.2, 0.25) is 5.91 Å². The van der Waals surface area contributed by atoms with Crippen LogP contribution in [-0.4, -0.2) is 33.9 Å². The predicted molar refractivity (Wildman–Crippen MR) is 110 cm³/mol. The third kappa shape index (κ3) is 5.07. The van der Waals surface area contributed by atoms with E-state index in [0.29, 0.717) is 29.4 Å². The number of aromatic nitrogens is 2. The number of hydrogen-bond acceptors (Lipinski definition) is 5. The predicted octanol–water partition coefficient (Wildman–Crippen LogP) is 4.06. The number of anilines is 1. The van der Waals surface area contributed by atoms with Crippen LogP contribution in [-0.2, 0) is 11.3 Å². The van der Waals surface area contributed by atoms with Crippen molar-refractivity contribution in [2.75, 3.05) is 12.4 Å². The van der Waals surface area contributed by atoms with Crippen LogP contribution < -0.4 is 5.32 Å². The number of nitrogens with zero attached hydrogens (tertiary/aromatic N) is 3. The minimum Gasteiger partial charge on any atom is -0.334 e. The molecule has 1 heterocycles. The molecule has 0 saturated carbocycles. The van der Waals surface area contributed by atoms with Crippen LogP contribution in [0.3, 0.4) is 0 Å². The molecule has 7 heteroatoms. The summed E-state index contributed by atoms with van der Waals surface area (Å²) in [4.78, 5) is 30.6. The molecule has 0 aliphatic rings. The van der Waals surface area contributed by atoms with Crippen molar-refractivity contribution >= 4 is 17.5 Å². The van der Waals surface area contributed by atoms with E-state index < -0.39 is 0 Å². The van der Waals surface area contributed by atoms with Crippen molar-refractivity contribution in [1.82, 2.24) is 15.0 Å². The van der Waals surface area contributed by atoms with Crippen molar-refractivity contribution in [3.8, 4) is 11.5 Å². The Morgan fingerprint density at radius 2 is 1.90 bits per heavy atom.